The van der Waals surface area contributed by atoms with Crippen molar-refractivity contribution >= 4 is 45.0 Å². The van der Waals surface area contributed by atoms with Gasteiger partial charge in [0.25, 0.3) is 10.0 Å². The van der Waals surface area contributed by atoms with Gasteiger partial charge in [0.1, 0.15) is 12.4 Å². The molecule has 0 saturated carbocycles. The molecule has 5 nitrogen and oxygen atoms in total. The minimum atomic E-state index is -3.92. The number of rotatable bonds is 10. The Morgan fingerprint density at radius 2 is 1.62 bits per heavy atom. The van der Waals surface area contributed by atoms with Crippen LogP contribution in [0, 0.1) is 5.82 Å². The zero-order valence-electron chi connectivity index (χ0n) is 17.1. The van der Waals surface area contributed by atoms with E-state index in [1.807, 2.05) is 0 Å². The molecule has 0 aliphatic rings. The van der Waals surface area contributed by atoms with Crippen LogP contribution in [0.15, 0.2) is 83.8 Å². The highest BCUT2D eigenvalue weighted by Crippen LogP contribution is 2.24. The second kappa shape index (κ2) is 11.4. The number of anilines is 1. The molecule has 32 heavy (non-hydrogen) atoms. The van der Waals surface area contributed by atoms with E-state index >= 15 is 0 Å². The van der Waals surface area contributed by atoms with Crippen molar-refractivity contribution in [3.8, 4) is 0 Å². The van der Waals surface area contributed by atoms with Gasteiger partial charge in [-0.2, -0.15) is 11.8 Å². The predicted octanol–water partition coefficient (Wildman–Crippen LogP) is 4.72. The van der Waals surface area contributed by atoms with E-state index in [1.165, 1.54) is 30.0 Å². The summed E-state index contributed by atoms with van der Waals surface area (Å²) in [4.78, 5) is 12.6. The van der Waals surface area contributed by atoms with Gasteiger partial charge in [-0.3, -0.25) is 9.10 Å². The van der Waals surface area contributed by atoms with Gasteiger partial charge >= 0.3 is 0 Å². The number of halogens is 2. The normalized spacial score (nSPS) is 11.2. The third-order valence-electron chi connectivity index (χ3n) is 4.54. The number of carbonyl (C=O) groups is 1. The van der Waals surface area contributed by atoms with Gasteiger partial charge in [0.15, 0.2) is 0 Å². The monoisotopic (exact) mass is 492 g/mol. The third-order valence-corrected chi connectivity index (χ3v) is 7.67. The molecule has 0 aliphatic heterocycles. The van der Waals surface area contributed by atoms with Crippen LogP contribution < -0.4 is 9.62 Å². The lowest BCUT2D eigenvalue weighted by Gasteiger charge is -2.24. The molecule has 0 bridgehead atoms. The zero-order chi connectivity index (χ0) is 23.0. The van der Waals surface area contributed by atoms with Crippen molar-refractivity contribution in [3.05, 3.63) is 95.3 Å². The maximum absolute atomic E-state index is 13.8. The Labute approximate surface area is 196 Å². The van der Waals surface area contributed by atoms with Crippen molar-refractivity contribution < 1.29 is 17.6 Å². The molecule has 0 spiro atoms. The van der Waals surface area contributed by atoms with Crippen molar-refractivity contribution in [1.29, 1.82) is 0 Å². The first-order chi connectivity index (χ1) is 15.4. The highest BCUT2D eigenvalue weighted by atomic mass is 35.5. The summed E-state index contributed by atoms with van der Waals surface area (Å²) in [5, 5.41) is 3.10. The Morgan fingerprint density at radius 3 is 2.28 bits per heavy atom. The summed E-state index contributed by atoms with van der Waals surface area (Å²) in [6, 6.07) is 21.0. The lowest BCUT2D eigenvalue weighted by molar-refractivity contribution is -0.119. The van der Waals surface area contributed by atoms with E-state index in [-0.39, 0.29) is 17.3 Å². The van der Waals surface area contributed by atoms with Crippen molar-refractivity contribution in [1.82, 2.24) is 5.32 Å². The first-order valence-corrected chi connectivity index (χ1v) is 12.8. The molecule has 1 amide bonds. The van der Waals surface area contributed by atoms with Crippen molar-refractivity contribution in [2.45, 2.75) is 10.6 Å². The van der Waals surface area contributed by atoms with E-state index in [9.17, 15) is 17.6 Å². The number of sulfonamides is 1. The van der Waals surface area contributed by atoms with E-state index in [1.54, 1.807) is 60.7 Å². The molecular weight excluding hydrogens is 471 g/mol. The molecule has 0 fully saturated rings. The maximum Gasteiger partial charge on any atom is 0.264 e. The van der Waals surface area contributed by atoms with E-state index < -0.39 is 15.9 Å². The Balaban J connectivity index is 1.60. The summed E-state index contributed by atoms with van der Waals surface area (Å²) < 4.78 is 41.2. The molecule has 0 heterocycles. The quantitative estimate of drug-likeness (QED) is 0.416. The molecule has 0 aromatic heterocycles. The number of nitrogens with one attached hydrogen (secondary N) is 1. The Hall–Kier alpha value is -2.55. The molecule has 0 aliphatic carbocycles. The van der Waals surface area contributed by atoms with Crippen LogP contribution >= 0.6 is 23.4 Å². The molecule has 0 atom stereocenters. The second-order valence-electron chi connectivity index (χ2n) is 6.76. The molecule has 0 radical (unpaired) electrons. The minimum Gasteiger partial charge on any atom is -0.354 e. The van der Waals surface area contributed by atoms with E-state index in [2.05, 4.69) is 5.32 Å². The van der Waals surface area contributed by atoms with Gasteiger partial charge in [-0.1, -0.05) is 54.1 Å². The number of para-hydroxylation sites is 1. The van der Waals surface area contributed by atoms with Gasteiger partial charge in [-0.15, -0.1) is 0 Å². The summed E-state index contributed by atoms with van der Waals surface area (Å²) >= 11 is 7.44. The predicted molar refractivity (Wildman–Crippen MR) is 128 cm³/mol. The molecule has 9 heteroatoms. The van der Waals surface area contributed by atoms with Crippen LogP contribution in [0.5, 0.6) is 0 Å². The second-order valence-corrected chi connectivity index (χ2v) is 10.1. The van der Waals surface area contributed by atoms with Gasteiger partial charge < -0.3 is 5.32 Å². The third kappa shape index (κ3) is 6.25. The van der Waals surface area contributed by atoms with Crippen molar-refractivity contribution in [3.63, 3.8) is 0 Å². The van der Waals surface area contributed by atoms with Crippen LogP contribution in [0.1, 0.15) is 5.56 Å². The first-order valence-electron chi connectivity index (χ1n) is 9.80. The van der Waals surface area contributed by atoms with Crippen LogP contribution in [-0.2, 0) is 20.6 Å². The molecule has 3 rings (SSSR count). The van der Waals surface area contributed by atoms with Crippen LogP contribution in [-0.4, -0.2) is 33.2 Å². The Kier molecular flexibility index (Phi) is 8.55. The van der Waals surface area contributed by atoms with E-state index in [0.717, 1.165) is 4.31 Å². The highest BCUT2D eigenvalue weighted by molar-refractivity contribution is 7.98. The number of hydrogen-bond donors (Lipinski definition) is 1. The Bertz CT molecular complexity index is 1130. The number of thioether (sulfide) groups is 1. The molecule has 3 aromatic carbocycles. The Morgan fingerprint density at radius 1 is 0.969 bits per heavy atom. The van der Waals surface area contributed by atoms with Crippen molar-refractivity contribution in [2.24, 2.45) is 0 Å². The van der Waals surface area contributed by atoms with E-state index in [4.69, 9.17) is 11.6 Å². The van der Waals surface area contributed by atoms with Crippen LogP contribution in [0.4, 0.5) is 10.1 Å². The van der Waals surface area contributed by atoms with Gasteiger partial charge in [0.2, 0.25) is 5.91 Å². The van der Waals surface area contributed by atoms with Gasteiger partial charge in [-0.05, 0) is 36.4 Å². The fourth-order valence-corrected chi connectivity index (χ4v) is 5.56. The first kappa shape index (κ1) is 24.1. The standard InChI is InChI=1S/C23H22ClFN2O3S2/c24-21-12-7-13-22(25)20(21)17-31-15-14-26-23(28)16-27(18-8-3-1-4-9-18)32(29,30)19-10-5-2-6-11-19/h1-13H,14-17H2,(H,26,28). The van der Waals surface area contributed by atoms with Gasteiger partial charge in [0.05, 0.1) is 10.6 Å². The average molecular weight is 493 g/mol. The summed E-state index contributed by atoms with van der Waals surface area (Å²) in [5.74, 6) is 0.101. The fraction of sp³-hybridized carbons (Fsp3) is 0.174. The molecule has 168 valence electrons. The topological polar surface area (TPSA) is 66.5 Å². The van der Waals surface area contributed by atoms with Crippen LogP contribution in [0.3, 0.4) is 0 Å². The largest absolute Gasteiger partial charge is 0.354 e. The minimum absolute atomic E-state index is 0.106. The number of amides is 1. The summed E-state index contributed by atoms with van der Waals surface area (Å²) in [6.07, 6.45) is 0. The van der Waals surface area contributed by atoms with Crippen molar-refractivity contribution in [2.75, 3.05) is 23.1 Å². The number of nitrogens with zero attached hydrogens (tertiary/aromatic N) is 1. The summed E-state index contributed by atoms with van der Waals surface area (Å²) in [5.41, 5.74) is 0.824. The number of hydrogen-bond acceptors (Lipinski definition) is 4. The number of carbonyl (C=O) groups excluding carboxylic acids is 1. The zero-order valence-corrected chi connectivity index (χ0v) is 19.5. The molecule has 3 aromatic rings. The summed E-state index contributed by atoms with van der Waals surface area (Å²) in [7, 11) is -3.92. The smallest absolute Gasteiger partial charge is 0.264 e. The lowest BCUT2D eigenvalue weighted by Crippen LogP contribution is -2.41. The SMILES string of the molecule is O=C(CN(c1ccccc1)S(=O)(=O)c1ccccc1)NCCSCc1c(F)cccc1Cl. The van der Waals surface area contributed by atoms with Crippen LogP contribution in [0.25, 0.3) is 0 Å². The average Bonchev–Trinajstić information content (AvgIpc) is 2.80. The van der Waals surface area contributed by atoms with Gasteiger partial charge in [0, 0.05) is 28.6 Å². The number of benzene rings is 3. The fourth-order valence-electron chi connectivity index (χ4n) is 2.92. The van der Waals surface area contributed by atoms with E-state index in [0.29, 0.717) is 34.3 Å². The summed E-state index contributed by atoms with van der Waals surface area (Å²) in [6.45, 7) is -0.0470. The molecule has 0 unspecified atom stereocenters. The maximum atomic E-state index is 13.8. The molecule has 1 N–H and O–H groups in total. The lowest BCUT2D eigenvalue weighted by atomic mass is 10.2. The molecular formula is C23H22ClFN2O3S2. The van der Waals surface area contributed by atoms with Gasteiger partial charge in [-0.25, -0.2) is 12.8 Å². The highest BCUT2D eigenvalue weighted by Gasteiger charge is 2.26. The van der Waals surface area contributed by atoms with Crippen LogP contribution in [0.2, 0.25) is 5.02 Å². The molecule has 0 saturated heterocycles.